The molecule has 0 aromatic heterocycles. The Morgan fingerprint density at radius 2 is 2.22 bits per heavy atom. The smallest absolute Gasteiger partial charge is 0.191 e. The molecule has 0 fully saturated rings. The average Bonchev–Trinajstić information content (AvgIpc) is 1.65. The molecule has 0 radical (unpaired) electrons. The van der Waals surface area contributed by atoms with E-state index in [9.17, 15) is 4.79 Å². The van der Waals surface area contributed by atoms with Gasteiger partial charge in [0.2, 0.25) is 0 Å². The van der Waals surface area contributed by atoms with Crippen LogP contribution in [0, 0.1) is 5.41 Å². The molecule has 0 N–H and O–H groups in total. The number of hydrogen-bond donors (Lipinski definition) is 1. The quantitative estimate of drug-likeness (QED) is 0.474. The van der Waals surface area contributed by atoms with E-state index >= 15 is 0 Å². The minimum Gasteiger partial charge on any atom is -0.287 e. The lowest BCUT2D eigenvalue weighted by molar-refractivity contribution is -0.117. The largest absolute Gasteiger partial charge is 0.287 e. The molecule has 0 saturated heterocycles. The third-order valence-electron chi connectivity index (χ3n) is 1.23. The fourth-order valence-electron chi connectivity index (χ4n) is 0.448. The van der Waals surface area contributed by atoms with Crippen LogP contribution in [0.25, 0.3) is 0 Å². The van der Waals surface area contributed by atoms with Gasteiger partial charge in [0, 0.05) is 5.41 Å². The van der Waals surface area contributed by atoms with Crippen molar-refractivity contribution in [3.63, 3.8) is 0 Å². The van der Waals surface area contributed by atoms with Crippen molar-refractivity contribution < 1.29 is 4.79 Å². The maximum Gasteiger partial charge on any atom is 0.191 e. The van der Waals surface area contributed by atoms with E-state index in [0.29, 0.717) is 6.42 Å². The van der Waals surface area contributed by atoms with Gasteiger partial charge in [-0.1, -0.05) is 19.9 Å². The minimum atomic E-state index is -0.342. The molecular weight excluding hydrogens is 132 g/mol. The molecule has 0 amide bonds. The lowest BCUT2D eigenvalue weighted by atomic mass is 9.91. The van der Waals surface area contributed by atoms with Gasteiger partial charge in [-0.15, -0.1) is 19.2 Å². The molecule has 0 saturated carbocycles. The first-order valence-corrected chi connectivity index (χ1v) is 3.29. The zero-order valence-electron chi connectivity index (χ0n) is 5.85. The van der Waals surface area contributed by atoms with Crippen LogP contribution in [0.3, 0.4) is 0 Å². The Balaban J connectivity index is 4.00. The van der Waals surface area contributed by atoms with Crippen molar-refractivity contribution in [3.05, 3.63) is 12.7 Å². The monoisotopic (exact) mass is 144 g/mol. The van der Waals surface area contributed by atoms with Crippen molar-refractivity contribution in [1.29, 1.82) is 0 Å². The van der Waals surface area contributed by atoms with Crippen LogP contribution < -0.4 is 0 Å². The molecule has 0 spiro atoms. The Hall–Kier alpha value is -0.240. The van der Waals surface area contributed by atoms with Crippen LogP contribution in [-0.2, 0) is 4.79 Å². The Morgan fingerprint density at radius 3 is 2.33 bits per heavy atom. The SMILES string of the molecule is C=CCC(C)(C)C(=O)S. The Kier molecular flexibility index (Phi) is 2.98. The maximum absolute atomic E-state index is 10.7. The number of allylic oxidation sites excluding steroid dienone is 1. The average molecular weight is 144 g/mol. The zero-order valence-corrected chi connectivity index (χ0v) is 6.74. The topological polar surface area (TPSA) is 17.1 Å². The summed E-state index contributed by atoms with van der Waals surface area (Å²) < 4.78 is 0. The lowest BCUT2D eigenvalue weighted by Crippen LogP contribution is -2.17. The summed E-state index contributed by atoms with van der Waals surface area (Å²) in [5.74, 6) is 0. The van der Waals surface area contributed by atoms with E-state index in [4.69, 9.17) is 0 Å². The van der Waals surface area contributed by atoms with Gasteiger partial charge in [0.25, 0.3) is 0 Å². The number of rotatable bonds is 3. The van der Waals surface area contributed by atoms with Gasteiger partial charge in [0.1, 0.15) is 0 Å². The molecule has 0 aliphatic carbocycles. The van der Waals surface area contributed by atoms with E-state index < -0.39 is 0 Å². The zero-order chi connectivity index (χ0) is 7.49. The molecule has 0 bridgehead atoms. The third-order valence-corrected chi connectivity index (χ3v) is 1.84. The van der Waals surface area contributed by atoms with Crippen LogP contribution >= 0.6 is 12.6 Å². The molecule has 0 heterocycles. The highest BCUT2D eigenvalue weighted by atomic mass is 32.1. The molecular formula is C7H12OS. The normalized spacial score (nSPS) is 11.0. The fourth-order valence-corrected chi connectivity index (χ4v) is 0.539. The summed E-state index contributed by atoms with van der Waals surface area (Å²) in [4.78, 5) is 10.7. The molecule has 0 aliphatic rings. The van der Waals surface area contributed by atoms with E-state index in [1.807, 2.05) is 13.8 Å². The van der Waals surface area contributed by atoms with Crippen LogP contribution in [0.4, 0.5) is 0 Å². The van der Waals surface area contributed by atoms with Gasteiger partial charge >= 0.3 is 0 Å². The minimum absolute atomic E-state index is 0.0811. The molecule has 0 rings (SSSR count). The summed E-state index contributed by atoms with van der Waals surface area (Å²) in [7, 11) is 0. The Bertz CT molecular complexity index is 127. The summed E-state index contributed by atoms with van der Waals surface area (Å²) in [5, 5.41) is -0.0811. The maximum atomic E-state index is 10.7. The number of hydrogen-bond acceptors (Lipinski definition) is 1. The second-order valence-corrected chi connectivity index (χ2v) is 3.09. The van der Waals surface area contributed by atoms with Crippen molar-refractivity contribution >= 4 is 17.7 Å². The Morgan fingerprint density at radius 1 is 1.78 bits per heavy atom. The van der Waals surface area contributed by atoms with Gasteiger partial charge in [0.05, 0.1) is 0 Å². The molecule has 1 nitrogen and oxygen atoms in total. The van der Waals surface area contributed by atoms with Crippen molar-refractivity contribution in [2.45, 2.75) is 20.3 Å². The van der Waals surface area contributed by atoms with Gasteiger partial charge in [-0.3, -0.25) is 4.79 Å². The van der Waals surface area contributed by atoms with Gasteiger partial charge in [-0.05, 0) is 6.42 Å². The van der Waals surface area contributed by atoms with E-state index in [1.165, 1.54) is 0 Å². The van der Waals surface area contributed by atoms with Crippen LogP contribution in [-0.4, -0.2) is 5.12 Å². The van der Waals surface area contributed by atoms with Crippen molar-refractivity contribution in [2.24, 2.45) is 5.41 Å². The van der Waals surface area contributed by atoms with Crippen LogP contribution in [0.15, 0.2) is 12.7 Å². The number of thiol groups is 1. The van der Waals surface area contributed by atoms with E-state index in [2.05, 4.69) is 19.2 Å². The molecule has 0 aromatic rings. The molecule has 52 valence electrons. The Labute approximate surface area is 61.6 Å². The van der Waals surface area contributed by atoms with Crippen molar-refractivity contribution in [3.8, 4) is 0 Å². The highest BCUT2D eigenvalue weighted by Crippen LogP contribution is 2.23. The number of carbonyl (C=O) groups excluding carboxylic acids is 1. The van der Waals surface area contributed by atoms with Gasteiger partial charge in [-0.2, -0.15) is 0 Å². The first-order valence-electron chi connectivity index (χ1n) is 2.85. The standard InChI is InChI=1S/C7H12OS/c1-4-5-7(2,3)6(8)9/h4H,1,5H2,2-3H3,(H,8,9). The second-order valence-electron chi connectivity index (χ2n) is 2.68. The summed E-state index contributed by atoms with van der Waals surface area (Å²) >= 11 is 3.73. The third kappa shape index (κ3) is 2.70. The predicted molar refractivity (Wildman–Crippen MR) is 42.6 cm³/mol. The molecule has 0 atom stereocenters. The van der Waals surface area contributed by atoms with Gasteiger partial charge < -0.3 is 0 Å². The first kappa shape index (κ1) is 8.76. The first-order chi connectivity index (χ1) is 4.00. The lowest BCUT2D eigenvalue weighted by Gasteiger charge is -2.16. The van der Waals surface area contributed by atoms with E-state index in [1.54, 1.807) is 6.08 Å². The number of carbonyl (C=O) groups is 1. The van der Waals surface area contributed by atoms with E-state index in [0.717, 1.165) is 0 Å². The fraction of sp³-hybridized carbons (Fsp3) is 0.571. The summed E-state index contributed by atoms with van der Waals surface area (Å²) in [6.45, 7) is 7.24. The predicted octanol–water partition coefficient (Wildman–Crippen LogP) is 2.05. The van der Waals surface area contributed by atoms with E-state index in [-0.39, 0.29) is 10.5 Å². The molecule has 0 aromatic carbocycles. The second kappa shape index (κ2) is 3.06. The van der Waals surface area contributed by atoms with Crippen LogP contribution in [0.2, 0.25) is 0 Å². The van der Waals surface area contributed by atoms with Gasteiger partial charge in [-0.25, -0.2) is 0 Å². The van der Waals surface area contributed by atoms with Crippen LogP contribution in [0.5, 0.6) is 0 Å². The molecule has 0 aliphatic heterocycles. The van der Waals surface area contributed by atoms with Gasteiger partial charge in [0.15, 0.2) is 5.12 Å². The summed E-state index contributed by atoms with van der Waals surface area (Å²) in [6, 6.07) is 0. The molecule has 9 heavy (non-hydrogen) atoms. The van der Waals surface area contributed by atoms with Crippen molar-refractivity contribution in [2.75, 3.05) is 0 Å². The highest BCUT2D eigenvalue weighted by Gasteiger charge is 2.21. The summed E-state index contributed by atoms with van der Waals surface area (Å²) in [5.41, 5.74) is -0.342. The van der Waals surface area contributed by atoms with Crippen molar-refractivity contribution in [1.82, 2.24) is 0 Å². The molecule has 2 heteroatoms. The van der Waals surface area contributed by atoms with Crippen LogP contribution in [0.1, 0.15) is 20.3 Å². The summed E-state index contributed by atoms with van der Waals surface area (Å²) in [6.07, 6.45) is 2.42. The highest BCUT2D eigenvalue weighted by molar-refractivity contribution is 7.96. The molecule has 0 unspecified atom stereocenters.